The van der Waals surface area contributed by atoms with Crippen LogP contribution in [0.1, 0.15) is 30.5 Å². The van der Waals surface area contributed by atoms with Gasteiger partial charge in [0.15, 0.2) is 0 Å². The van der Waals surface area contributed by atoms with Gasteiger partial charge in [-0.3, -0.25) is 0 Å². The van der Waals surface area contributed by atoms with Crippen LogP contribution in [0.15, 0.2) is 22.6 Å². The number of carbonyl (C=O) groups excluding carboxylic acids is 1. The number of anilines is 1. The molecular weight excluding hydrogens is 396 g/mol. The van der Waals surface area contributed by atoms with Crippen LogP contribution in [-0.2, 0) is 6.18 Å². The topological polar surface area (TPSA) is 71.3 Å². The Labute approximate surface area is 156 Å². The van der Waals surface area contributed by atoms with E-state index in [4.69, 9.17) is 27.6 Å². The molecule has 140 valence electrons. The van der Waals surface area contributed by atoms with Crippen LogP contribution in [0.5, 0.6) is 0 Å². The fourth-order valence-corrected chi connectivity index (χ4v) is 2.92. The van der Waals surface area contributed by atoms with Crippen LogP contribution in [0.3, 0.4) is 0 Å². The fourth-order valence-electron chi connectivity index (χ4n) is 2.62. The number of hydrogen-bond acceptors (Lipinski definition) is 4. The fraction of sp³-hybridized carbons (Fsp3) is 0.400. The maximum absolute atomic E-state index is 12.5. The third-order valence-electron chi connectivity index (χ3n) is 3.99. The molecule has 1 fully saturated rings. The molecule has 1 N–H and O–H groups in total. The molecule has 1 aromatic heterocycles. The van der Waals surface area contributed by atoms with E-state index >= 15 is 0 Å². The number of aromatic nitrogens is 2. The number of nitrogens with zero attached hydrogens (tertiary/aromatic N) is 3. The van der Waals surface area contributed by atoms with Crippen molar-refractivity contribution in [2.75, 3.05) is 18.4 Å². The van der Waals surface area contributed by atoms with Gasteiger partial charge >= 0.3 is 18.1 Å². The van der Waals surface area contributed by atoms with E-state index in [0.29, 0.717) is 41.7 Å². The van der Waals surface area contributed by atoms with Crippen molar-refractivity contribution in [2.45, 2.75) is 24.9 Å². The third-order valence-corrected chi connectivity index (χ3v) is 4.72. The molecule has 0 aliphatic carbocycles. The molecule has 0 unspecified atom stereocenters. The van der Waals surface area contributed by atoms with Crippen molar-refractivity contribution in [3.8, 4) is 0 Å². The average molecular weight is 409 g/mol. The number of carbonyl (C=O) groups is 1. The van der Waals surface area contributed by atoms with Crippen molar-refractivity contribution < 1.29 is 22.4 Å². The first-order chi connectivity index (χ1) is 12.2. The monoisotopic (exact) mass is 408 g/mol. The Balaban J connectivity index is 1.57. The molecule has 1 aliphatic heterocycles. The van der Waals surface area contributed by atoms with Gasteiger partial charge < -0.3 is 14.6 Å². The number of likely N-dealkylation sites (tertiary alicyclic amines) is 1. The van der Waals surface area contributed by atoms with E-state index < -0.39 is 12.1 Å². The summed E-state index contributed by atoms with van der Waals surface area (Å²) in [4.78, 5) is 13.8. The summed E-state index contributed by atoms with van der Waals surface area (Å²) >= 11 is 11.7. The van der Waals surface area contributed by atoms with Gasteiger partial charge in [0.1, 0.15) is 0 Å². The number of amides is 2. The highest BCUT2D eigenvalue weighted by atomic mass is 35.5. The molecular formula is C15H13Cl2F3N4O2. The first-order valence-corrected chi connectivity index (χ1v) is 8.41. The van der Waals surface area contributed by atoms with E-state index in [9.17, 15) is 18.0 Å². The lowest BCUT2D eigenvalue weighted by molar-refractivity contribution is -0.157. The molecule has 11 heteroatoms. The van der Waals surface area contributed by atoms with E-state index in [-0.39, 0.29) is 17.8 Å². The summed E-state index contributed by atoms with van der Waals surface area (Å²) in [6.07, 6.45) is -3.81. The maximum Gasteiger partial charge on any atom is 0.470 e. The zero-order valence-electron chi connectivity index (χ0n) is 13.2. The standard InChI is InChI=1S/C15H13Cl2F3N4O2/c16-10-2-1-9(7-11(10)17)21-14(25)24-5-3-8(4-6-24)12-22-23-13(26-12)15(18,19)20/h1-2,7-8H,3-6H2,(H,21,25). The van der Waals surface area contributed by atoms with E-state index in [0.717, 1.165) is 0 Å². The van der Waals surface area contributed by atoms with Crippen molar-refractivity contribution in [3.63, 3.8) is 0 Å². The summed E-state index contributed by atoms with van der Waals surface area (Å²) in [6.45, 7) is 0.698. The smallest absolute Gasteiger partial charge is 0.417 e. The van der Waals surface area contributed by atoms with E-state index in [1.165, 1.54) is 6.07 Å². The highest BCUT2D eigenvalue weighted by molar-refractivity contribution is 6.42. The Morgan fingerprint density at radius 3 is 2.46 bits per heavy atom. The van der Waals surface area contributed by atoms with Crippen LogP contribution in [0.25, 0.3) is 0 Å². The molecule has 1 aliphatic rings. The zero-order chi connectivity index (χ0) is 18.9. The van der Waals surface area contributed by atoms with Crippen molar-refractivity contribution in [3.05, 3.63) is 40.0 Å². The van der Waals surface area contributed by atoms with Crippen molar-refractivity contribution in [2.24, 2.45) is 0 Å². The van der Waals surface area contributed by atoms with E-state index in [2.05, 4.69) is 15.5 Å². The summed E-state index contributed by atoms with van der Waals surface area (Å²) in [5, 5.41) is 9.91. The summed E-state index contributed by atoms with van der Waals surface area (Å²) in [5.41, 5.74) is 0.498. The lowest BCUT2D eigenvalue weighted by Gasteiger charge is -2.30. The summed E-state index contributed by atoms with van der Waals surface area (Å²) in [7, 11) is 0. The Bertz CT molecular complexity index is 804. The van der Waals surface area contributed by atoms with Crippen LogP contribution in [0.2, 0.25) is 10.0 Å². The third kappa shape index (κ3) is 4.21. The van der Waals surface area contributed by atoms with E-state index in [1.807, 2.05) is 0 Å². The van der Waals surface area contributed by atoms with Crippen molar-refractivity contribution in [1.29, 1.82) is 0 Å². The minimum atomic E-state index is -4.66. The van der Waals surface area contributed by atoms with Crippen LogP contribution in [-0.4, -0.2) is 34.2 Å². The second-order valence-electron chi connectivity index (χ2n) is 5.76. The molecule has 0 atom stereocenters. The molecule has 1 saturated heterocycles. The predicted molar refractivity (Wildman–Crippen MR) is 88.3 cm³/mol. The zero-order valence-corrected chi connectivity index (χ0v) is 14.7. The first-order valence-electron chi connectivity index (χ1n) is 7.65. The molecule has 0 bridgehead atoms. The van der Waals surface area contributed by atoms with Crippen molar-refractivity contribution >= 4 is 34.9 Å². The largest absolute Gasteiger partial charge is 0.470 e. The molecule has 6 nitrogen and oxygen atoms in total. The van der Waals surface area contributed by atoms with Gasteiger partial charge in [0, 0.05) is 24.7 Å². The Morgan fingerprint density at radius 1 is 1.19 bits per heavy atom. The number of piperidine rings is 1. The normalized spacial score (nSPS) is 16.0. The molecule has 0 saturated carbocycles. The van der Waals surface area contributed by atoms with Crippen LogP contribution in [0.4, 0.5) is 23.7 Å². The lowest BCUT2D eigenvalue weighted by Crippen LogP contribution is -2.40. The van der Waals surface area contributed by atoms with Crippen LogP contribution < -0.4 is 5.32 Å². The minimum absolute atomic E-state index is 0.0538. The van der Waals surface area contributed by atoms with Gasteiger partial charge in [-0.05, 0) is 31.0 Å². The minimum Gasteiger partial charge on any atom is -0.417 e. The number of nitrogens with one attached hydrogen (secondary N) is 1. The van der Waals surface area contributed by atoms with Gasteiger partial charge in [-0.1, -0.05) is 23.2 Å². The second kappa shape index (κ2) is 7.32. The van der Waals surface area contributed by atoms with Crippen LogP contribution >= 0.6 is 23.2 Å². The van der Waals surface area contributed by atoms with Gasteiger partial charge in [-0.2, -0.15) is 13.2 Å². The summed E-state index contributed by atoms with van der Waals surface area (Å²) < 4.78 is 42.3. The predicted octanol–water partition coefficient (Wildman–Crippen LogP) is 4.81. The maximum atomic E-state index is 12.5. The van der Waals surface area contributed by atoms with Gasteiger partial charge in [0.2, 0.25) is 5.89 Å². The summed E-state index contributed by atoms with van der Waals surface area (Å²) in [5.74, 6) is -1.72. The second-order valence-corrected chi connectivity index (χ2v) is 6.58. The Morgan fingerprint density at radius 2 is 1.88 bits per heavy atom. The average Bonchev–Trinajstić information content (AvgIpc) is 3.09. The number of halogens is 5. The molecule has 26 heavy (non-hydrogen) atoms. The Kier molecular flexibility index (Phi) is 5.29. The van der Waals surface area contributed by atoms with Crippen LogP contribution in [0, 0.1) is 0 Å². The van der Waals surface area contributed by atoms with E-state index in [1.54, 1.807) is 17.0 Å². The molecule has 1 aromatic carbocycles. The highest BCUT2D eigenvalue weighted by Crippen LogP contribution is 2.32. The number of alkyl halides is 3. The number of urea groups is 1. The quantitative estimate of drug-likeness (QED) is 0.773. The molecule has 0 radical (unpaired) electrons. The van der Waals surface area contributed by atoms with Gasteiger partial charge in [0.25, 0.3) is 0 Å². The summed E-state index contributed by atoms with van der Waals surface area (Å²) in [6, 6.07) is 4.39. The number of rotatable bonds is 2. The molecule has 2 aromatic rings. The van der Waals surface area contributed by atoms with Gasteiger partial charge in [0.05, 0.1) is 10.0 Å². The SMILES string of the molecule is O=C(Nc1ccc(Cl)c(Cl)c1)N1CCC(c2nnc(C(F)(F)F)o2)CC1. The molecule has 0 spiro atoms. The molecule has 2 heterocycles. The number of benzene rings is 1. The first kappa shape index (κ1) is 18.8. The van der Waals surface area contributed by atoms with Crippen molar-refractivity contribution in [1.82, 2.24) is 15.1 Å². The molecule has 3 rings (SSSR count). The molecule has 2 amide bonds. The number of hydrogen-bond donors (Lipinski definition) is 1. The Hall–Kier alpha value is -2.00. The lowest BCUT2D eigenvalue weighted by atomic mass is 9.97. The van der Waals surface area contributed by atoms with Gasteiger partial charge in [-0.15, -0.1) is 10.2 Å². The van der Waals surface area contributed by atoms with Gasteiger partial charge in [-0.25, -0.2) is 4.79 Å². The highest BCUT2D eigenvalue weighted by Gasteiger charge is 2.39.